The Morgan fingerprint density at radius 3 is 2.52 bits per heavy atom. The summed E-state index contributed by atoms with van der Waals surface area (Å²) in [5, 5.41) is 11.4. The molecule has 3 rings (SSSR count). The van der Waals surface area contributed by atoms with Gasteiger partial charge < -0.3 is 19.5 Å². The number of ketones is 1. The van der Waals surface area contributed by atoms with Gasteiger partial charge in [0.15, 0.2) is 0 Å². The largest absolute Gasteiger partial charge is 0.507 e. The molecule has 7 heteroatoms. The van der Waals surface area contributed by atoms with Crippen molar-refractivity contribution in [3.63, 3.8) is 0 Å². The number of likely N-dealkylation sites (tertiary alicyclic amines) is 1. The lowest BCUT2D eigenvalue weighted by Crippen LogP contribution is -2.31. The van der Waals surface area contributed by atoms with Gasteiger partial charge >= 0.3 is 0 Å². The fourth-order valence-corrected chi connectivity index (χ4v) is 3.54. The molecule has 1 amide bonds. The van der Waals surface area contributed by atoms with Crippen molar-refractivity contribution in [2.75, 3.05) is 27.4 Å². The first kappa shape index (κ1) is 20.9. The molecule has 0 saturated carbocycles. The number of aliphatic hydroxyl groups excluding tert-OH is 1. The van der Waals surface area contributed by atoms with Gasteiger partial charge in [-0.2, -0.15) is 0 Å². The van der Waals surface area contributed by atoms with E-state index in [4.69, 9.17) is 21.1 Å². The Morgan fingerprint density at radius 1 is 1.14 bits per heavy atom. The van der Waals surface area contributed by atoms with Gasteiger partial charge in [0.05, 0.1) is 18.7 Å². The van der Waals surface area contributed by atoms with Crippen molar-refractivity contribution < 1.29 is 24.2 Å². The van der Waals surface area contributed by atoms with Crippen LogP contribution in [0.2, 0.25) is 5.02 Å². The van der Waals surface area contributed by atoms with E-state index in [9.17, 15) is 14.7 Å². The number of rotatable bonds is 7. The monoisotopic (exact) mass is 415 g/mol. The third-order valence-electron chi connectivity index (χ3n) is 4.81. The molecule has 0 aliphatic carbocycles. The molecule has 1 aliphatic heterocycles. The maximum absolute atomic E-state index is 12.9. The predicted molar refractivity (Wildman–Crippen MR) is 110 cm³/mol. The molecular weight excluding hydrogens is 394 g/mol. The molecule has 0 aromatic heterocycles. The fourth-order valence-electron chi connectivity index (χ4n) is 3.41. The summed E-state index contributed by atoms with van der Waals surface area (Å²) >= 11 is 5.93. The highest BCUT2D eigenvalue weighted by atomic mass is 35.5. The zero-order valence-electron chi connectivity index (χ0n) is 16.2. The van der Waals surface area contributed by atoms with Crippen LogP contribution in [0.4, 0.5) is 0 Å². The smallest absolute Gasteiger partial charge is 0.295 e. The Kier molecular flexibility index (Phi) is 6.56. The van der Waals surface area contributed by atoms with E-state index in [-0.39, 0.29) is 11.3 Å². The standard InChI is InChI=1S/C22H22ClNO5/c1-28-12-4-11-24-19(15-5-3-6-17(13-15)29-2)18(21(26)22(24)27)20(25)14-7-9-16(23)10-8-14/h3,5-10,13,19,25H,4,11-12H2,1-2H3. The van der Waals surface area contributed by atoms with Crippen LogP contribution in [-0.4, -0.2) is 49.1 Å². The number of ether oxygens (including phenoxy) is 2. The van der Waals surface area contributed by atoms with Gasteiger partial charge in [-0.15, -0.1) is 0 Å². The van der Waals surface area contributed by atoms with E-state index in [0.29, 0.717) is 41.5 Å². The zero-order valence-corrected chi connectivity index (χ0v) is 17.0. The Hall–Kier alpha value is -2.83. The highest BCUT2D eigenvalue weighted by Crippen LogP contribution is 2.40. The summed E-state index contributed by atoms with van der Waals surface area (Å²) in [6.45, 7) is 0.767. The van der Waals surface area contributed by atoms with Crippen LogP contribution >= 0.6 is 11.6 Å². The lowest BCUT2D eigenvalue weighted by Gasteiger charge is -2.25. The van der Waals surface area contributed by atoms with Crippen molar-refractivity contribution in [1.82, 2.24) is 4.90 Å². The molecule has 1 aliphatic rings. The Bertz CT molecular complexity index is 938. The number of hydrogen-bond acceptors (Lipinski definition) is 5. The summed E-state index contributed by atoms with van der Waals surface area (Å²) in [7, 11) is 3.12. The summed E-state index contributed by atoms with van der Waals surface area (Å²) < 4.78 is 10.4. The summed E-state index contributed by atoms with van der Waals surface area (Å²) in [5.41, 5.74) is 1.14. The Balaban J connectivity index is 2.12. The number of nitrogens with zero attached hydrogens (tertiary/aromatic N) is 1. The summed E-state index contributed by atoms with van der Waals surface area (Å²) in [6, 6.07) is 12.9. The minimum atomic E-state index is -0.724. The number of carbonyl (C=O) groups is 2. The van der Waals surface area contributed by atoms with Gasteiger partial charge in [-0.25, -0.2) is 0 Å². The second-order valence-electron chi connectivity index (χ2n) is 6.62. The molecule has 152 valence electrons. The first-order valence-electron chi connectivity index (χ1n) is 9.15. The van der Waals surface area contributed by atoms with Crippen molar-refractivity contribution in [3.8, 4) is 5.75 Å². The molecule has 6 nitrogen and oxygen atoms in total. The topological polar surface area (TPSA) is 76.1 Å². The molecular formula is C22H22ClNO5. The fraction of sp³-hybridized carbons (Fsp3) is 0.273. The summed E-state index contributed by atoms with van der Waals surface area (Å²) in [5.74, 6) is -1.01. The van der Waals surface area contributed by atoms with Crippen molar-refractivity contribution in [3.05, 3.63) is 70.3 Å². The SMILES string of the molecule is COCCCN1C(=O)C(=O)C(=C(O)c2ccc(Cl)cc2)C1c1cccc(OC)c1. The number of amides is 1. The molecule has 1 atom stereocenters. The number of benzene rings is 2. The van der Waals surface area contributed by atoms with Gasteiger partial charge in [-0.3, -0.25) is 9.59 Å². The highest BCUT2D eigenvalue weighted by molar-refractivity contribution is 6.46. The van der Waals surface area contributed by atoms with Crippen molar-refractivity contribution in [2.24, 2.45) is 0 Å². The molecule has 29 heavy (non-hydrogen) atoms. The van der Waals surface area contributed by atoms with Crippen LogP contribution in [0.1, 0.15) is 23.6 Å². The average Bonchev–Trinajstić information content (AvgIpc) is 2.99. The van der Waals surface area contributed by atoms with E-state index in [0.717, 1.165) is 0 Å². The molecule has 1 unspecified atom stereocenters. The molecule has 0 radical (unpaired) electrons. The van der Waals surface area contributed by atoms with Crippen LogP contribution in [-0.2, 0) is 14.3 Å². The van der Waals surface area contributed by atoms with Gasteiger partial charge in [0.25, 0.3) is 11.7 Å². The number of hydrogen-bond donors (Lipinski definition) is 1. The summed E-state index contributed by atoms with van der Waals surface area (Å²) in [4.78, 5) is 27.1. The van der Waals surface area contributed by atoms with Crippen LogP contribution < -0.4 is 4.74 Å². The van der Waals surface area contributed by atoms with Gasteiger partial charge in [-0.1, -0.05) is 23.7 Å². The molecule has 2 aromatic rings. The average molecular weight is 416 g/mol. The highest BCUT2D eigenvalue weighted by Gasteiger charge is 2.45. The maximum atomic E-state index is 12.9. The maximum Gasteiger partial charge on any atom is 0.295 e. The third kappa shape index (κ3) is 4.28. The quantitative estimate of drug-likeness (QED) is 0.322. The van der Waals surface area contributed by atoms with Crippen LogP contribution in [0.15, 0.2) is 54.1 Å². The van der Waals surface area contributed by atoms with E-state index in [1.807, 2.05) is 0 Å². The Labute approximate surface area is 174 Å². The van der Waals surface area contributed by atoms with E-state index in [1.54, 1.807) is 62.8 Å². The molecule has 1 N–H and O–H groups in total. The number of halogens is 1. The number of methoxy groups -OCH3 is 2. The van der Waals surface area contributed by atoms with Crippen LogP contribution in [0.25, 0.3) is 5.76 Å². The van der Waals surface area contributed by atoms with Crippen molar-refractivity contribution in [2.45, 2.75) is 12.5 Å². The van der Waals surface area contributed by atoms with E-state index < -0.39 is 17.7 Å². The van der Waals surface area contributed by atoms with Gasteiger partial charge in [-0.05, 0) is 48.4 Å². The van der Waals surface area contributed by atoms with Gasteiger partial charge in [0, 0.05) is 30.8 Å². The van der Waals surface area contributed by atoms with Crippen molar-refractivity contribution in [1.29, 1.82) is 0 Å². The third-order valence-corrected chi connectivity index (χ3v) is 5.07. The van der Waals surface area contributed by atoms with Gasteiger partial charge in [0.1, 0.15) is 11.5 Å². The lowest BCUT2D eigenvalue weighted by atomic mass is 9.95. The van der Waals surface area contributed by atoms with Crippen molar-refractivity contribution >= 4 is 29.1 Å². The molecule has 0 bridgehead atoms. The normalized spacial score (nSPS) is 18.3. The first-order chi connectivity index (χ1) is 14.0. The zero-order chi connectivity index (χ0) is 21.0. The minimum Gasteiger partial charge on any atom is -0.507 e. The number of aliphatic hydroxyl groups is 1. The molecule has 1 saturated heterocycles. The molecule has 0 spiro atoms. The molecule has 2 aromatic carbocycles. The second kappa shape index (κ2) is 9.11. The van der Waals surface area contributed by atoms with Gasteiger partial charge in [0.2, 0.25) is 0 Å². The number of carbonyl (C=O) groups excluding carboxylic acids is 2. The number of Topliss-reactive ketones (excluding diaryl/α,β-unsaturated/α-hetero) is 1. The van der Waals surface area contributed by atoms with E-state index >= 15 is 0 Å². The van der Waals surface area contributed by atoms with Crippen LogP contribution in [0, 0.1) is 0 Å². The lowest BCUT2D eigenvalue weighted by molar-refractivity contribution is -0.140. The van der Waals surface area contributed by atoms with Crippen LogP contribution in [0.3, 0.4) is 0 Å². The molecule has 1 heterocycles. The van der Waals surface area contributed by atoms with E-state index in [2.05, 4.69) is 0 Å². The Morgan fingerprint density at radius 2 is 1.86 bits per heavy atom. The van der Waals surface area contributed by atoms with Crippen LogP contribution in [0.5, 0.6) is 5.75 Å². The second-order valence-corrected chi connectivity index (χ2v) is 7.06. The first-order valence-corrected chi connectivity index (χ1v) is 9.53. The summed E-state index contributed by atoms with van der Waals surface area (Å²) in [6.07, 6.45) is 0.560. The van der Waals surface area contributed by atoms with E-state index in [1.165, 1.54) is 4.90 Å². The molecule has 1 fully saturated rings. The minimum absolute atomic E-state index is 0.0444. The predicted octanol–water partition coefficient (Wildman–Crippen LogP) is 3.81.